The molecule has 2 heterocycles. The summed E-state index contributed by atoms with van der Waals surface area (Å²) >= 11 is 0. The molecule has 2 fully saturated rings. The van der Waals surface area contributed by atoms with Crippen LogP contribution >= 0.6 is 0 Å². The van der Waals surface area contributed by atoms with Crippen molar-refractivity contribution in [3.05, 3.63) is 0 Å². The van der Waals surface area contributed by atoms with Crippen LogP contribution in [0.4, 0.5) is 4.79 Å². The highest BCUT2D eigenvalue weighted by atomic mass is 16.5. The van der Waals surface area contributed by atoms with Gasteiger partial charge in [0.2, 0.25) is 5.91 Å². The first kappa shape index (κ1) is 18.2. The second kappa shape index (κ2) is 8.08. The van der Waals surface area contributed by atoms with Gasteiger partial charge in [-0.05, 0) is 52.6 Å². The van der Waals surface area contributed by atoms with Crippen molar-refractivity contribution in [1.29, 1.82) is 0 Å². The fourth-order valence-electron chi connectivity index (χ4n) is 3.71. The van der Waals surface area contributed by atoms with Crippen LogP contribution in [0.25, 0.3) is 0 Å². The zero-order valence-electron chi connectivity index (χ0n) is 14.5. The van der Waals surface area contributed by atoms with Gasteiger partial charge in [-0.1, -0.05) is 0 Å². The van der Waals surface area contributed by atoms with Gasteiger partial charge in [0.25, 0.3) is 0 Å². The first-order valence-electron chi connectivity index (χ1n) is 8.57. The smallest absolute Gasteiger partial charge is 0.318 e. The molecule has 0 saturated carbocycles. The van der Waals surface area contributed by atoms with E-state index in [4.69, 9.17) is 10.5 Å². The molecule has 0 aliphatic carbocycles. The molecule has 2 aliphatic heterocycles. The molecule has 3 amide bonds. The summed E-state index contributed by atoms with van der Waals surface area (Å²) in [6, 6.07) is -1.10. The number of morpholine rings is 1. The van der Waals surface area contributed by atoms with E-state index in [-0.39, 0.29) is 11.9 Å². The Morgan fingerprint density at radius 1 is 1.22 bits per heavy atom. The van der Waals surface area contributed by atoms with Gasteiger partial charge in [0, 0.05) is 19.6 Å². The van der Waals surface area contributed by atoms with E-state index < -0.39 is 6.03 Å². The van der Waals surface area contributed by atoms with Gasteiger partial charge in [-0.3, -0.25) is 19.9 Å². The van der Waals surface area contributed by atoms with Gasteiger partial charge in [-0.25, -0.2) is 4.79 Å². The molecule has 0 aromatic rings. The van der Waals surface area contributed by atoms with Gasteiger partial charge in [-0.15, -0.1) is 0 Å². The van der Waals surface area contributed by atoms with Crippen LogP contribution in [0.3, 0.4) is 0 Å². The van der Waals surface area contributed by atoms with E-state index in [1.165, 1.54) is 0 Å². The van der Waals surface area contributed by atoms with E-state index in [1.54, 1.807) is 0 Å². The highest BCUT2D eigenvalue weighted by Crippen LogP contribution is 2.22. The van der Waals surface area contributed by atoms with Gasteiger partial charge < -0.3 is 10.5 Å². The molecule has 3 N–H and O–H groups in total. The van der Waals surface area contributed by atoms with E-state index >= 15 is 0 Å². The number of primary amides is 1. The third-order valence-electron chi connectivity index (χ3n) is 4.83. The van der Waals surface area contributed by atoms with Gasteiger partial charge in [-0.2, -0.15) is 0 Å². The largest absolute Gasteiger partial charge is 0.373 e. The number of imide groups is 1. The van der Waals surface area contributed by atoms with Gasteiger partial charge in [0.1, 0.15) is 0 Å². The lowest BCUT2D eigenvalue weighted by Crippen LogP contribution is -2.52. The lowest BCUT2D eigenvalue weighted by Gasteiger charge is -2.40. The number of carbonyl (C=O) groups is 2. The van der Waals surface area contributed by atoms with Gasteiger partial charge in [0.05, 0.1) is 18.2 Å². The maximum absolute atomic E-state index is 11.8. The summed E-state index contributed by atoms with van der Waals surface area (Å²) in [5.41, 5.74) is 5.00. The molecular weight excluding hydrogens is 296 g/mol. The third kappa shape index (κ3) is 5.44. The van der Waals surface area contributed by atoms with Crippen LogP contribution in [0.2, 0.25) is 0 Å². The molecule has 132 valence electrons. The third-order valence-corrected chi connectivity index (χ3v) is 4.83. The number of ether oxygens (including phenoxy) is 1. The minimum absolute atomic E-state index is 0.302. The summed E-state index contributed by atoms with van der Waals surface area (Å²) in [6.07, 6.45) is 2.76. The predicted octanol–water partition coefficient (Wildman–Crippen LogP) is 0.391. The van der Waals surface area contributed by atoms with E-state index in [0.29, 0.717) is 18.1 Å². The Morgan fingerprint density at radius 2 is 1.78 bits per heavy atom. The second-order valence-electron chi connectivity index (χ2n) is 6.98. The molecule has 23 heavy (non-hydrogen) atoms. The van der Waals surface area contributed by atoms with Crippen LogP contribution in [-0.2, 0) is 9.53 Å². The number of hydrogen-bond acceptors (Lipinski definition) is 5. The molecule has 0 unspecified atom stereocenters. The Labute approximate surface area is 138 Å². The van der Waals surface area contributed by atoms with Crippen molar-refractivity contribution < 1.29 is 14.3 Å². The Bertz CT molecular complexity index is 414. The van der Waals surface area contributed by atoms with E-state index in [2.05, 4.69) is 29.0 Å². The quantitative estimate of drug-likeness (QED) is 0.780. The summed E-state index contributed by atoms with van der Waals surface area (Å²) in [5, 5.41) is 2.16. The maximum Gasteiger partial charge on any atom is 0.318 e. The lowest BCUT2D eigenvalue weighted by molar-refractivity contribution is -0.125. The molecule has 0 aromatic carbocycles. The molecule has 3 atom stereocenters. The van der Waals surface area contributed by atoms with Crippen molar-refractivity contribution in [3.63, 3.8) is 0 Å². The van der Waals surface area contributed by atoms with Crippen molar-refractivity contribution in [1.82, 2.24) is 15.1 Å². The number of nitrogens with two attached hydrogens (primary N) is 1. The van der Waals surface area contributed by atoms with Crippen molar-refractivity contribution in [3.8, 4) is 0 Å². The van der Waals surface area contributed by atoms with E-state index in [9.17, 15) is 9.59 Å². The summed E-state index contributed by atoms with van der Waals surface area (Å²) in [4.78, 5) is 27.3. The topological polar surface area (TPSA) is 87.9 Å². The number of likely N-dealkylation sites (tertiary alicyclic amines) is 1. The van der Waals surface area contributed by atoms with Crippen LogP contribution in [0, 0.1) is 5.92 Å². The van der Waals surface area contributed by atoms with Gasteiger partial charge in [0.15, 0.2) is 0 Å². The van der Waals surface area contributed by atoms with Crippen LogP contribution in [0.15, 0.2) is 0 Å². The number of nitrogens with zero attached hydrogens (tertiary/aromatic N) is 2. The molecule has 7 nitrogen and oxygen atoms in total. The first-order valence-corrected chi connectivity index (χ1v) is 8.57. The Kier molecular flexibility index (Phi) is 6.38. The number of hydrogen-bond donors (Lipinski definition) is 2. The zero-order valence-corrected chi connectivity index (χ0v) is 14.5. The minimum Gasteiger partial charge on any atom is -0.373 e. The van der Waals surface area contributed by atoms with Crippen LogP contribution in [0.1, 0.15) is 33.6 Å². The minimum atomic E-state index is -0.785. The molecule has 0 spiro atoms. The average molecular weight is 326 g/mol. The molecule has 2 rings (SSSR count). The van der Waals surface area contributed by atoms with E-state index in [1.807, 2.05) is 6.92 Å². The van der Waals surface area contributed by atoms with Gasteiger partial charge >= 0.3 is 6.03 Å². The summed E-state index contributed by atoms with van der Waals surface area (Å²) in [7, 11) is 0. The number of nitrogens with one attached hydrogen (secondary N) is 1. The van der Waals surface area contributed by atoms with Crippen molar-refractivity contribution in [2.75, 3.05) is 32.7 Å². The van der Waals surface area contributed by atoms with Crippen molar-refractivity contribution in [2.24, 2.45) is 11.7 Å². The maximum atomic E-state index is 11.8. The fraction of sp³-hybridized carbons (Fsp3) is 0.875. The number of carbonyl (C=O) groups excluding carboxylic acids is 2. The van der Waals surface area contributed by atoms with Crippen LogP contribution in [0.5, 0.6) is 0 Å². The fourth-order valence-corrected chi connectivity index (χ4v) is 3.71. The molecule has 0 radical (unpaired) electrons. The highest BCUT2D eigenvalue weighted by Gasteiger charge is 2.29. The monoisotopic (exact) mass is 326 g/mol. The molecular formula is C16H30N4O3. The number of amides is 3. The molecule has 0 aromatic heterocycles. The van der Waals surface area contributed by atoms with E-state index in [0.717, 1.165) is 45.6 Å². The molecule has 7 heteroatoms. The average Bonchev–Trinajstić information content (AvgIpc) is 2.45. The van der Waals surface area contributed by atoms with Crippen LogP contribution < -0.4 is 11.1 Å². The van der Waals surface area contributed by atoms with Crippen molar-refractivity contribution >= 4 is 11.9 Å². The zero-order chi connectivity index (χ0) is 17.0. The molecule has 2 aliphatic rings. The predicted molar refractivity (Wildman–Crippen MR) is 87.9 cm³/mol. The Morgan fingerprint density at radius 3 is 2.30 bits per heavy atom. The van der Waals surface area contributed by atoms with Crippen molar-refractivity contribution in [2.45, 2.75) is 51.9 Å². The SMILES string of the molecule is C[C@@H]1CN(CC2CCN([C@@H](C)C(=O)NC(N)=O)CC2)C[C@H](C)O1. The summed E-state index contributed by atoms with van der Waals surface area (Å²) < 4.78 is 5.78. The number of urea groups is 1. The Balaban J connectivity index is 1.75. The molecule has 0 bridgehead atoms. The number of piperidine rings is 1. The Hall–Kier alpha value is -1.18. The normalized spacial score (nSPS) is 29.2. The summed E-state index contributed by atoms with van der Waals surface area (Å²) in [6.45, 7) is 11.0. The second-order valence-corrected chi connectivity index (χ2v) is 6.98. The lowest BCUT2D eigenvalue weighted by atomic mass is 9.94. The standard InChI is InChI=1S/C16H30N4O3/c1-11-8-19(9-12(2)23-11)10-14-4-6-20(7-5-14)13(3)15(21)18-16(17)22/h11-14H,4-10H2,1-3H3,(H3,17,18,21,22)/t11-,12+,13-/m0/s1. The van der Waals surface area contributed by atoms with Crippen LogP contribution in [-0.4, -0.2) is 72.7 Å². The molecule has 2 saturated heterocycles. The summed E-state index contributed by atoms with van der Waals surface area (Å²) in [5.74, 6) is 0.349. The highest BCUT2D eigenvalue weighted by molar-refractivity contribution is 5.96. The first-order chi connectivity index (χ1) is 10.8. The number of rotatable bonds is 4.